The van der Waals surface area contributed by atoms with Crippen LogP contribution >= 0.6 is 0 Å². The van der Waals surface area contributed by atoms with E-state index < -0.39 is 0 Å². The van der Waals surface area contributed by atoms with Crippen LogP contribution in [0.4, 0.5) is 0 Å². The van der Waals surface area contributed by atoms with Crippen molar-refractivity contribution in [3.63, 3.8) is 0 Å². The number of fused-ring (bicyclic) bond motifs is 10. The van der Waals surface area contributed by atoms with Crippen LogP contribution < -0.4 is 0 Å². The number of rotatable bonds is 4. The van der Waals surface area contributed by atoms with E-state index in [2.05, 4.69) is 77.4 Å². The van der Waals surface area contributed by atoms with Crippen molar-refractivity contribution in [2.24, 2.45) is 0 Å². The molecule has 11 rings (SSSR count). The van der Waals surface area contributed by atoms with Gasteiger partial charge < -0.3 is 13.4 Å². The average molecular weight is 655 g/mol. The Hall–Kier alpha value is -7.05. The Morgan fingerprint density at radius 3 is 1.76 bits per heavy atom. The molecule has 0 saturated carbocycles. The zero-order valence-electron chi connectivity index (χ0n) is 27.1. The predicted octanol–water partition coefficient (Wildman–Crippen LogP) is 11.8. The highest BCUT2D eigenvalue weighted by atomic mass is 16.3. The molecule has 0 aliphatic heterocycles. The van der Waals surface area contributed by atoms with E-state index in [4.69, 9.17) is 23.8 Å². The zero-order valence-corrected chi connectivity index (χ0v) is 27.1. The van der Waals surface area contributed by atoms with E-state index in [-0.39, 0.29) is 0 Å². The number of furan rings is 2. The number of para-hydroxylation sites is 2. The minimum Gasteiger partial charge on any atom is -0.456 e. The van der Waals surface area contributed by atoms with Crippen LogP contribution in [0.2, 0.25) is 0 Å². The van der Waals surface area contributed by atoms with Gasteiger partial charge in [-0.3, -0.25) is 0 Å². The fourth-order valence-corrected chi connectivity index (χ4v) is 7.62. The first-order chi connectivity index (χ1) is 25.3. The molecular weight excluding hydrogens is 629 g/mol. The molecule has 4 heterocycles. The van der Waals surface area contributed by atoms with Gasteiger partial charge in [0.05, 0.1) is 11.0 Å². The van der Waals surface area contributed by atoms with Crippen LogP contribution in [-0.2, 0) is 0 Å². The van der Waals surface area contributed by atoms with Gasteiger partial charge in [0, 0.05) is 60.8 Å². The standard InChI is InChI=1S/C45H26N4O2/c1-3-12-27(13-4-1)43-46-44(28-14-5-2-6-15-28)48-45(47-43)33-18-11-21-37-40(33)32-23-22-29(26-39(32)51-37)49-34-19-9-7-16-30(34)41-35(49)24-25-38-42(41)31-17-8-10-20-36(31)50-38/h1-26H. The SMILES string of the molecule is c1ccc(-c2nc(-c3ccccc3)nc(-c3cccc4oc5cc(-n6c7ccccc7c7c8c(ccc76)oc6ccccc68)ccc5c34)n2)cc1. The summed E-state index contributed by atoms with van der Waals surface area (Å²) in [5.74, 6) is 1.84. The smallest absolute Gasteiger partial charge is 0.164 e. The Balaban J connectivity index is 1.13. The average Bonchev–Trinajstić information content (AvgIpc) is 3.87. The molecule has 0 spiro atoms. The number of benzene rings is 7. The number of hydrogen-bond acceptors (Lipinski definition) is 5. The van der Waals surface area contributed by atoms with E-state index >= 15 is 0 Å². The zero-order chi connectivity index (χ0) is 33.5. The Bertz CT molecular complexity index is 3080. The van der Waals surface area contributed by atoms with E-state index in [0.29, 0.717) is 17.5 Å². The van der Waals surface area contributed by atoms with Crippen molar-refractivity contribution in [3.8, 4) is 39.9 Å². The highest BCUT2D eigenvalue weighted by molar-refractivity contribution is 6.27. The molecule has 0 bridgehead atoms. The summed E-state index contributed by atoms with van der Waals surface area (Å²) < 4.78 is 15.2. The molecule has 51 heavy (non-hydrogen) atoms. The van der Waals surface area contributed by atoms with Gasteiger partial charge in [-0.15, -0.1) is 0 Å². The number of hydrogen-bond donors (Lipinski definition) is 0. The van der Waals surface area contributed by atoms with Crippen LogP contribution in [-0.4, -0.2) is 19.5 Å². The third kappa shape index (κ3) is 4.20. The monoisotopic (exact) mass is 654 g/mol. The lowest BCUT2D eigenvalue weighted by atomic mass is 10.0. The topological polar surface area (TPSA) is 69.9 Å². The van der Waals surface area contributed by atoms with Gasteiger partial charge in [0.2, 0.25) is 0 Å². The molecule has 0 atom stereocenters. The largest absolute Gasteiger partial charge is 0.456 e. The van der Waals surface area contributed by atoms with Crippen LogP contribution in [0, 0.1) is 0 Å². The number of aromatic nitrogens is 4. The normalized spacial score (nSPS) is 11.9. The van der Waals surface area contributed by atoms with Gasteiger partial charge in [-0.25, -0.2) is 15.0 Å². The first kappa shape index (κ1) is 27.9. The van der Waals surface area contributed by atoms with Gasteiger partial charge in [0.25, 0.3) is 0 Å². The maximum Gasteiger partial charge on any atom is 0.164 e. The van der Waals surface area contributed by atoms with Crippen LogP contribution in [0.15, 0.2) is 167 Å². The lowest BCUT2D eigenvalue weighted by Crippen LogP contribution is -2.00. The summed E-state index contributed by atoms with van der Waals surface area (Å²) in [4.78, 5) is 15.0. The molecule has 0 fully saturated rings. The molecule has 0 radical (unpaired) electrons. The molecule has 0 aliphatic carbocycles. The quantitative estimate of drug-likeness (QED) is 0.189. The second kappa shape index (κ2) is 10.7. The van der Waals surface area contributed by atoms with Gasteiger partial charge in [0.15, 0.2) is 17.5 Å². The van der Waals surface area contributed by atoms with E-state index in [0.717, 1.165) is 77.3 Å². The van der Waals surface area contributed by atoms with Gasteiger partial charge in [-0.05, 0) is 42.5 Å². The van der Waals surface area contributed by atoms with E-state index in [1.54, 1.807) is 0 Å². The Morgan fingerprint density at radius 2 is 0.980 bits per heavy atom. The van der Waals surface area contributed by atoms with Crippen molar-refractivity contribution in [3.05, 3.63) is 158 Å². The summed E-state index contributed by atoms with van der Waals surface area (Å²) >= 11 is 0. The molecular formula is C45H26N4O2. The molecule has 0 N–H and O–H groups in total. The number of nitrogens with zero attached hydrogens (tertiary/aromatic N) is 4. The molecule has 11 aromatic rings. The van der Waals surface area contributed by atoms with E-state index in [1.807, 2.05) is 84.9 Å². The molecule has 238 valence electrons. The molecule has 0 amide bonds. The van der Waals surface area contributed by atoms with Crippen LogP contribution in [0.5, 0.6) is 0 Å². The molecule has 0 unspecified atom stereocenters. The summed E-state index contributed by atoms with van der Waals surface area (Å²) in [5, 5.41) is 6.57. The fraction of sp³-hybridized carbons (Fsp3) is 0. The van der Waals surface area contributed by atoms with Crippen LogP contribution in [0.1, 0.15) is 0 Å². The Labute approximate surface area is 290 Å². The van der Waals surface area contributed by atoms with Crippen LogP contribution in [0.3, 0.4) is 0 Å². The van der Waals surface area contributed by atoms with Gasteiger partial charge in [-0.1, -0.05) is 109 Å². The fourth-order valence-electron chi connectivity index (χ4n) is 7.62. The maximum atomic E-state index is 6.62. The van der Waals surface area contributed by atoms with Gasteiger partial charge in [-0.2, -0.15) is 0 Å². The van der Waals surface area contributed by atoms with Crippen molar-refractivity contribution >= 4 is 65.7 Å². The van der Waals surface area contributed by atoms with Crippen molar-refractivity contribution in [1.29, 1.82) is 0 Å². The third-order valence-corrected chi connectivity index (χ3v) is 9.86. The minimum atomic E-state index is 0.596. The van der Waals surface area contributed by atoms with Gasteiger partial charge in [0.1, 0.15) is 22.3 Å². The highest BCUT2D eigenvalue weighted by Crippen LogP contribution is 2.42. The maximum absolute atomic E-state index is 6.62. The highest BCUT2D eigenvalue weighted by Gasteiger charge is 2.21. The first-order valence-electron chi connectivity index (χ1n) is 16.9. The second-order valence-electron chi connectivity index (χ2n) is 12.8. The molecule has 6 heteroatoms. The molecule has 0 saturated heterocycles. The molecule has 4 aromatic heterocycles. The summed E-state index contributed by atoms with van der Waals surface area (Å²) in [6.07, 6.45) is 0. The second-order valence-corrected chi connectivity index (χ2v) is 12.8. The summed E-state index contributed by atoms with van der Waals surface area (Å²) in [6, 6.07) is 53.7. The molecule has 0 aliphatic rings. The summed E-state index contributed by atoms with van der Waals surface area (Å²) in [6.45, 7) is 0. The third-order valence-electron chi connectivity index (χ3n) is 9.86. The predicted molar refractivity (Wildman–Crippen MR) is 205 cm³/mol. The minimum absolute atomic E-state index is 0.596. The van der Waals surface area contributed by atoms with Crippen molar-refractivity contribution in [2.45, 2.75) is 0 Å². The molecule has 6 nitrogen and oxygen atoms in total. The van der Waals surface area contributed by atoms with Crippen molar-refractivity contribution < 1.29 is 8.83 Å². The molecule has 7 aromatic carbocycles. The lowest BCUT2D eigenvalue weighted by molar-refractivity contribution is 0.668. The Kier molecular flexibility index (Phi) is 5.86. The summed E-state index contributed by atoms with van der Waals surface area (Å²) in [5.41, 5.74) is 9.33. The summed E-state index contributed by atoms with van der Waals surface area (Å²) in [7, 11) is 0. The van der Waals surface area contributed by atoms with E-state index in [9.17, 15) is 0 Å². The Morgan fingerprint density at radius 1 is 0.373 bits per heavy atom. The van der Waals surface area contributed by atoms with Crippen molar-refractivity contribution in [1.82, 2.24) is 19.5 Å². The van der Waals surface area contributed by atoms with E-state index in [1.165, 1.54) is 10.8 Å². The van der Waals surface area contributed by atoms with Crippen LogP contribution in [0.25, 0.3) is 106 Å². The lowest BCUT2D eigenvalue weighted by Gasteiger charge is -2.09. The first-order valence-corrected chi connectivity index (χ1v) is 16.9. The van der Waals surface area contributed by atoms with Crippen molar-refractivity contribution in [2.75, 3.05) is 0 Å². The van der Waals surface area contributed by atoms with Gasteiger partial charge >= 0.3 is 0 Å².